The molecular formula is C22H14Cl3N3O2S. The molecule has 0 bridgehead atoms. The van der Waals surface area contributed by atoms with E-state index < -0.39 is 5.91 Å². The first-order valence-corrected chi connectivity index (χ1v) is 11.0. The summed E-state index contributed by atoms with van der Waals surface area (Å²) in [6, 6.07) is 15.7. The largest absolute Gasteiger partial charge is 0.505 e. The zero-order valence-electron chi connectivity index (χ0n) is 16.0. The average Bonchev–Trinajstić information content (AvgIpc) is 3.16. The predicted octanol–water partition coefficient (Wildman–Crippen LogP) is 7.03. The average molecular weight is 491 g/mol. The summed E-state index contributed by atoms with van der Waals surface area (Å²) in [7, 11) is 0. The molecule has 156 valence electrons. The van der Waals surface area contributed by atoms with Gasteiger partial charge >= 0.3 is 0 Å². The summed E-state index contributed by atoms with van der Waals surface area (Å²) in [5.41, 5.74) is 2.51. The fourth-order valence-corrected chi connectivity index (χ4v) is 4.42. The van der Waals surface area contributed by atoms with E-state index in [2.05, 4.69) is 15.3 Å². The molecule has 0 aliphatic carbocycles. The van der Waals surface area contributed by atoms with Crippen LogP contribution >= 0.6 is 46.1 Å². The van der Waals surface area contributed by atoms with Crippen molar-refractivity contribution < 1.29 is 9.90 Å². The Bertz CT molecular complexity index is 1300. The number of para-hydroxylation sites is 1. The highest BCUT2D eigenvalue weighted by Crippen LogP contribution is 2.36. The molecule has 2 N–H and O–H groups in total. The standard InChI is InChI=1S/C22H14Cl3N3O2S/c1-11-6-7-13(23)17(8-11)27-21(30)19(22-28-16-4-2-3-5-18(16)31-22)26-12-9-14(24)20(29)15(25)10-12/h2-10,29H,1H3,(H,27,30). The van der Waals surface area contributed by atoms with Crippen molar-refractivity contribution in [3.8, 4) is 5.75 Å². The van der Waals surface area contributed by atoms with E-state index in [1.807, 2.05) is 37.3 Å². The van der Waals surface area contributed by atoms with Crippen LogP contribution in [0.25, 0.3) is 10.2 Å². The van der Waals surface area contributed by atoms with Gasteiger partial charge in [0.05, 0.1) is 36.7 Å². The van der Waals surface area contributed by atoms with E-state index in [-0.39, 0.29) is 21.5 Å². The Hall–Kier alpha value is -2.64. The smallest absolute Gasteiger partial charge is 0.277 e. The lowest BCUT2D eigenvalue weighted by Gasteiger charge is -2.09. The number of benzene rings is 3. The SMILES string of the molecule is Cc1ccc(Cl)c(NC(=O)C(=Nc2cc(Cl)c(O)c(Cl)c2)c2nc3ccccc3s2)c1. The first-order valence-electron chi connectivity index (χ1n) is 9.02. The number of aromatic hydroxyl groups is 1. The van der Waals surface area contributed by atoms with Gasteiger partial charge in [0.2, 0.25) is 0 Å². The van der Waals surface area contributed by atoms with Crippen molar-refractivity contribution in [2.75, 3.05) is 5.32 Å². The summed E-state index contributed by atoms with van der Waals surface area (Å²) in [4.78, 5) is 22.3. The Kier molecular flexibility index (Phi) is 6.16. The second-order valence-electron chi connectivity index (χ2n) is 6.64. The number of halogens is 3. The molecule has 1 aromatic heterocycles. The number of carbonyl (C=O) groups is 1. The molecule has 0 saturated carbocycles. The molecule has 4 rings (SSSR count). The number of rotatable bonds is 4. The third-order valence-corrected chi connectivity index (χ3v) is 6.27. The van der Waals surface area contributed by atoms with Crippen molar-refractivity contribution >= 4 is 79.3 Å². The first kappa shape index (κ1) is 21.6. The summed E-state index contributed by atoms with van der Waals surface area (Å²) in [6.07, 6.45) is 0. The van der Waals surface area contributed by atoms with E-state index in [0.29, 0.717) is 21.4 Å². The molecule has 0 aliphatic heterocycles. The summed E-state index contributed by atoms with van der Waals surface area (Å²) >= 11 is 19.6. The number of thiazole rings is 1. The maximum atomic E-state index is 13.2. The third kappa shape index (κ3) is 4.67. The van der Waals surface area contributed by atoms with Crippen molar-refractivity contribution in [3.63, 3.8) is 0 Å². The molecule has 9 heteroatoms. The van der Waals surface area contributed by atoms with Gasteiger partial charge in [0.25, 0.3) is 5.91 Å². The molecule has 3 aromatic carbocycles. The lowest BCUT2D eigenvalue weighted by Crippen LogP contribution is -2.24. The minimum atomic E-state index is -0.494. The monoisotopic (exact) mass is 489 g/mol. The predicted molar refractivity (Wildman–Crippen MR) is 129 cm³/mol. The molecule has 1 amide bonds. The maximum absolute atomic E-state index is 13.2. The molecule has 0 saturated heterocycles. The van der Waals surface area contributed by atoms with Gasteiger partial charge in [-0.15, -0.1) is 11.3 Å². The second kappa shape index (κ2) is 8.85. The number of amides is 1. The Morgan fingerprint density at radius 2 is 1.74 bits per heavy atom. The van der Waals surface area contributed by atoms with Crippen LogP contribution in [0.1, 0.15) is 10.6 Å². The molecule has 0 atom stereocenters. The minimum Gasteiger partial charge on any atom is -0.505 e. The minimum absolute atomic E-state index is 0.0250. The summed E-state index contributed by atoms with van der Waals surface area (Å²) in [5, 5.41) is 13.5. The van der Waals surface area contributed by atoms with Crippen LogP contribution in [0.5, 0.6) is 5.75 Å². The molecule has 31 heavy (non-hydrogen) atoms. The van der Waals surface area contributed by atoms with Crippen LogP contribution in [-0.4, -0.2) is 21.7 Å². The number of aliphatic imine (C=N–C) groups is 1. The number of anilines is 1. The summed E-state index contributed by atoms with van der Waals surface area (Å²) < 4.78 is 0.911. The van der Waals surface area contributed by atoms with Gasteiger partial charge in [-0.3, -0.25) is 4.79 Å². The number of nitrogens with one attached hydrogen (secondary N) is 1. The van der Waals surface area contributed by atoms with E-state index in [9.17, 15) is 9.90 Å². The molecule has 0 unspecified atom stereocenters. The van der Waals surface area contributed by atoms with Crippen LogP contribution in [0.2, 0.25) is 15.1 Å². The van der Waals surface area contributed by atoms with Crippen LogP contribution in [0, 0.1) is 6.92 Å². The zero-order chi connectivity index (χ0) is 22.1. The maximum Gasteiger partial charge on any atom is 0.277 e. The van der Waals surface area contributed by atoms with Gasteiger partial charge in [0.15, 0.2) is 11.5 Å². The molecule has 0 aliphatic rings. The van der Waals surface area contributed by atoms with E-state index in [1.165, 1.54) is 23.5 Å². The molecule has 0 radical (unpaired) electrons. The van der Waals surface area contributed by atoms with E-state index in [1.54, 1.807) is 12.1 Å². The Balaban J connectivity index is 1.82. The van der Waals surface area contributed by atoms with E-state index in [0.717, 1.165) is 15.8 Å². The molecule has 5 nitrogen and oxygen atoms in total. The number of hydrogen-bond acceptors (Lipinski definition) is 5. The molecule has 0 spiro atoms. The highest BCUT2D eigenvalue weighted by atomic mass is 35.5. The molecule has 4 aromatic rings. The lowest BCUT2D eigenvalue weighted by molar-refractivity contribution is -0.110. The number of phenolic OH excluding ortho intramolecular Hbond substituents is 1. The van der Waals surface area contributed by atoms with Crippen LogP contribution in [-0.2, 0) is 4.79 Å². The third-order valence-electron chi connectivity index (χ3n) is 4.32. The normalized spacial score (nSPS) is 11.7. The number of fused-ring (bicyclic) bond motifs is 1. The summed E-state index contributed by atoms with van der Waals surface area (Å²) in [5.74, 6) is -0.744. The fourth-order valence-electron chi connectivity index (χ4n) is 2.83. The lowest BCUT2D eigenvalue weighted by atomic mass is 10.2. The first-order chi connectivity index (χ1) is 14.8. The highest BCUT2D eigenvalue weighted by molar-refractivity contribution is 7.21. The van der Waals surface area contributed by atoms with Crippen molar-refractivity contribution in [2.24, 2.45) is 4.99 Å². The van der Waals surface area contributed by atoms with Crippen molar-refractivity contribution in [1.29, 1.82) is 0 Å². The van der Waals surface area contributed by atoms with Gasteiger partial charge in [-0.1, -0.05) is 53.0 Å². The molecule has 0 fully saturated rings. The quantitative estimate of drug-likeness (QED) is 0.302. The van der Waals surface area contributed by atoms with Crippen molar-refractivity contribution in [2.45, 2.75) is 6.92 Å². The number of aryl methyl sites for hydroxylation is 1. The Labute approximate surface area is 196 Å². The van der Waals surface area contributed by atoms with Crippen LogP contribution < -0.4 is 5.32 Å². The fraction of sp³-hybridized carbons (Fsp3) is 0.0455. The number of hydrogen-bond donors (Lipinski definition) is 2. The Morgan fingerprint density at radius 3 is 2.45 bits per heavy atom. The van der Waals surface area contributed by atoms with E-state index in [4.69, 9.17) is 34.8 Å². The number of carbonyl (C=O) groups excluding carboxylic acids is 1. The topological polar surface area (TPSA) is 74.6 Å². The van der Waals surface area contributed by atoms with Gasteiger partial charge in [-0.25, -0.2) is 9.98 Å². The Morgan fingerprint density at radius 1 is 1.03 bits per heavy atom. The van der Waals surface area contributed by atoms with Gasteiger partial charge in [0.1, 0.15) is 5.01 Å². The number of nitrogens with zero attached hydrogens (tertiary/aromatic N) is 2. The zero-order valence-corrected chi connectivity index (χ0v) is 19.1. The molecule has 1 heterocycles. The number of phenols is 1. The van der Waals surface area contributed by atoms with Crippen LogP contribution in [0.4, 0.5) is 11.4 Å². The van der Waals surface area contributed by atoms with E-state index >= 15 is 0 Å². The highest BCUT2D eigenvalue weighted by Gasteiger charge is 2.21. The molecular weight excluding hydrogens is 477 g/mol. The van der Waals surface area contributed by atoms with Crippen molar-refractivity contribution in [3.05, 3.63) is 80.2 Å². The number of aromatic nitrogens is 1. The second-order valence-corrected chi connectivity index (χ2v) is 8.89. The van der Waals surface area contributed by atoms with Crippen LogP contribution in [0.3, 0.4) is 0 Å². The van der Waals surface area contributed by atoms with Gasteiger partial charge < -0.3 is 10.4 Å². The van der Waals surface area contributed by atoms with Gasteiger partial charge in [-0.2, -0.15) is 0 Å². The van der Waals surface area contributed by atoms with Gasteiger partial charge in [-0.05, 0) is 48.9 Å². The van der Waals surface area contributed by atoms with Crippen LogP contribution in [0.15, 0.2) is 59.6 Å². The van der Waals surface area contributed by atoms with Gasteiger partial charge in [0, 0.05) is 0 Å². The van der Waals surface area contributed by atoms with Crippen molar-refractivity contribution in [1.82, 2.24) is 4.98 Å². The summed E-state index contributed by atoms with van der Waals surface area (Å²) in [6.45, 7) is 1.90.